The van der Waals surface area contributed by atoms with E-state index in [1.165, 1.54) is 0 Å². The number of carbonyl (C=O) groups excluding carboxylic acids is 1. The zero-order valence-corrected chi connectivity index (χ0v) is 9.80. The van der Waals surface area contributed by atoms with Crippen LogP contribution in [-0.2, 0) is 17.9 Å². The van der Waals surface area contributed by atoms with Gasteiger partial charge in [-0.1, -0.05) is 0 Å². The minimum Gasteiger partial charge on any atom is -0.334 e. The zero-order chi connectivity index (χ0) is 11.4. The standard InChI is InChI=1S/C12H19N3O/c1-2-15-7-5-13-12(15)9-14-6-3-4-11(8-14)10-16/h5,7,10-11H,2-4,6,8-9H2,1H3. The van der Waals surface area contributed by atoms with Crippen molar-refractivity contribution in [3.05, 3.63) is 18.2 Å². The molecule has 0 spiro atoms. The summed E-state index contributed by atoms with van der Waals surface area (Å²) in [7, 11) is 0. The van der Waals surface area contributed by atoms with Crippen molar-refractivity contribution in [1.29, 1.82) is 0 Å². The van der Waals surface area contributed by atoms with Crippen molar-refractivity contribution in [3.8, 4) is 0 Å². The fraction of sp³-hybridized carbons (Fsp3) is 0.667. The summed E-state index contributed by atoms with van der Waals surface area (Å²) in [4.78, 5) is 17.5. The molecular weight excluding hydrogens is 202 g/mol. The van der Waals surface area contributed by atoms with Gasteiger partial charge in [-0.05, 0) is 26.3 Å². The second kappa shape index (κ2) is 5.25. The molecule has 0 saturated carbocycles. The average molecular weight is 221 g/mol. The summed E-state index contributed by atoms with van der Waals surface area (Å²) in [6.45, 7) is 5.92. The maximum Gasteiger partial charge on any atom is 0.124 e. The van der Waals surface area contributed by atoms with Crippen molar-refractivity contribution in [1.82, 2.24) is 14.5 Å². The third-order valence-corrected chi connectivity index (χ3v) is 3.24. The predicted molar refractivity (Wildman–Crippen MR) is 62.0 cm³/mol. The quantitative estimate of drug-likeness (QED) is 0.720. The third-order valence-electron chi connectivity index (χ3n) is 3.24. The average Bonchev–Trinajstić information content (AvgIpc) is 2.76. The van der Waals surface area contributed by atoms with E-state index < -0.39 is 0 Å². The molecule has 1 saturated heterocycles. The molecule has 0 radical (unpaired) electrons. The van der Waals surface area contributed by atoms with Crippen LogP contribution in [0.4, 0.5) is 0 Å². The van der Waals surface area contributed by atoms with E-state index in [-0.39, 0.29) is 5.92 Å². The first-order valence-electron chi connectivity index (χ1n) is 6.01. The third kappa shape index (κ3) is 2.50. The van der Waals surface area contributed by atoms with E-state index in [4.69, 9.17) is 0 Å². The van der Waals surface area contributed by atoms with Gasteiger partial charge < -0.3 is 9.36 Å². The smallest absolute Gasteiger partial charge is 0.124 e. The van der Waals surface area contributed by atoms with Gasteiger partial charge in [-0.2, -0.15) is 0 Å². The van der Waals surface area contributed by atoms with Crippen LogP contribution >= 0.6 is 0 Å². The minimum absolute atomic E-state index is 0.221. The Hall–Kier alpha value is -1.16. The lowest BCUT2D eigenvalue weighted by Gasteiger charge is -2.29. The van der Waals surface area contributed by atoms with E-state index in [0.29, 0.717) is 0 Å². The van der Waals surface area contributed by atoms with E-state index in [0.717, 1.165) is 51.1 Å². The van der Waals surface area contributed by atoms with Gasteiger partial charge in [0.25, 0.3) is 0 Å². The van der Waals surface area contributed by atoms with Crippen LogP contribution in [0.2, 0.25) is 0 Å². The zero-order valence-electron chi connectivity index (χ0n) is 9.80. The Kier molecular flexibility index (Phi) is 3.72. The second-order valence-corrected chi connectivity index (χ2v) is 4.40. The van der Waals surface area contributed by atoms with E-state index in [1.807, 2.05) is 12.4 Å². The minimum atomic E-state index is 0.221. The number of nitrogens with zero attached hydrogens (tertiary/aromatic N) is 3. The molecule has 4 nitrogen and oxygen atoms in total. The van der Waals surface area contributed by atoms with Gasteiger partial charge in [0.05, 0.1) is 6.54 Å². The molecule has 88 valence electrons. The normalized spacial score (nSPS) is 22.2. The molecule has 1 aliphatic rings. The SMILES string of the molecule is CCn1ccnc1CN1CCCC(C=O)C1. The number of hydrogen-bond donors (Lipinski definition) is 0. The van der Waals surface area contributed by atoms with Crippen LogP contribution in [0, 0.1) is 5.92 Å². The summed E-state index contributed by atoms with van der Waals surface area (Å²) in [5, 5.41) is 0. The molecule has 2 rings (SSSR count). The number of aromatic nitrogens is 2. The maximum absolute atomic E-state index is 10.8. The monoisotopic (exact) mass is 221 g/mol. The van der Waals surface area contributed by atoms with Crippen molar-refractivity contribution < 1.29 is 4.79 Å². The van der Waals surface area contributed by atoms with Gasteiger partial charge >= 0.3 is 0 Å². The molecule has 1 fully saturated rings. The van der Waals surface area contributed by atoms with Crippen LogP contribution in [0.3, 0.4) is 0 Å². The summed E-state index contributed by atoms with van der Waals surface area (Å²) in [6.07, 6.45) is 7.12. The number of rotatable bonds is 4. The second-order valence-electron chi connectivity index (χ2n) is 4.40. The molecule has 1 aliphatic heterocycles. The largest absolute Gasteiger partial charge is 0.334 e. The highest BCUT2D eigenvalue weighted by atomic mass is 16.1. The molecular formula is C12H19N3O. The fourth-order valence-corrected chi connectivity index (χ4v) is 2.33. The molecule has 1 atom stereocenters. The predicted octanol–water partition coefficient (Wildman–Crippen LogP) is 1.31. The van der Waals surface area contributed by atoms with E-state index in [1.54, 1.807) is 0 Å². The van der Waals surface area contributed by atoms with Gasteiger partial charge in [0.1, 0.15) is 12.1 Å². The van der Waals surface area contributed by atoms with Crippen LogP contribution < -0.4 is 0 Å². The number of imidazole rings is 1. The first-order chi connectivity index (χ1) is 7.83. The summed E-state index contributed by atoms with van der Waals surface area (Å²) in [5.74, 6) is 1.33. The van der Waals surface area contributed by atoms with Crippen LogP contribution in [0.25, 0.3) is 0 Å². The molecule has 1 aromatic heterocycles. The fourth-order valence-electron chi connectivity index (χ4n) is 2.33. The van der Waals surface area contributed by atoms with Gasteiger partial charge in [-0.15, -0.1) is 0 Å². The Morgan fingerprint density at radius 3 is 3.25 bits per heavy atom. The number of hydrogen-bond acceptors (Lipinski definition) is 3. The van der Waals surface area contributed by atoms with Crippen molar-refractivity contribution >= 4 is 6.29 Å². The first kappa shape index (κ1) is 11.3. The Balaban J connectivity index is 1.96. The van der Waals surface area contributed by atoms with Crippen LogP contribution in [0.1, 0.15) is 25.6 Å². The summed E-state index contributed by atoms with van der Waals surface area (Å²) < 4.78 is 2.16. The molecule has 1 unspecified atom stereocenters. The molecule has 2 heterocycles. The highest BCUT2D eigenvalue weighted by Gasteiger charge is 2.20. The van der Waals surface area contributed by atoms with E-state index in [2.05, 4.69) is 21.4 Å². The number of carbonyl (C=O) groups is 1. The molecule has 0 bridgehead atoms. The topological polar surface area (TPSA) is 38.1 Å². The van der Waals surface area contributed by atoms with Crippen molar-refractivity contribution in [2.75, 3.05) is 13.1 Å². The molecule has 1 aromatic rings. The van der Waals surface area contributed by atoms with Crippen molar-refractivity contribution in [3.63, 3.8) is 0 Å². The lowest BCUT2D eigenvalue weighted by atomic mass is 10.00. The van der Waals surface area contributed by atoms with Crippen LogP contribution in [0.5, 0.6) is 0 Å². The summed E-state index contributed by atoms with van der Waals surface area (Å²) in [5.41, 5.74) is 0. The Labute approximate surface area is 96.3 Å². The lowest BCUT2D eigenvalue weighted by molar-refractivity contribution is -0.112. The highest BCUT2D eigenvalue weighted by Crippen LogP contribution is 2.16. The van der Waals surface area contributed by atoms with E-state index in [9.17, 15) is 4.79 Å². The Bertz CT molecular complexity index is 348. The van der Waals surface area contributed by atoms with Gasteiger partial charge in [0.2, 0.25) is 0 Å². The highest BCUT2D eigenvalue weighted by molar-refractivity contribution is 5.53. The summed E-state index contributed by atoms with van der Waals surface area (Å²) in [6, 6.07) is 0. The number of piperidine rings is 1. The molecule has 0 N–H and O–H groups in total. The van der Waals surface area contributed by atoms with Gasteiger partial charge in [-0.25, -0.2) is 4.98 Å². The molecule has 0 aliphatic carbocycles. The number of likely N-dealkylation sites (tertiary alicyclic amines) is 1. The Morgan fingerprint density at radius 1 is 1.62 bits per heavy atom. The first-order valence-corrected chi connectivity index (χ1v) is 6.01. The number of aryl methyl sites for hydroxylation is 1. The van der Waals surface area contributed by atoms with E-state index >= 15 is 0 Å². The lowest BCUT2D eigenvalue weighted by Crippen LogP contribution is -2.36. The van der Waals surface area contributed by atoms with Crippen LogP contribution in [0.15, 0.2) is 12.4 Å². The molecule has 0 aromatic carbocycles. The number of aldehydes is 1. The maximum atomic E-state index is 10.8. The van der Waals surface area contributed by atoms with Crippen molar-refractivity contribution in [2.24, 2.45) is 5.92 Å². The van der Waals surface area contributed by atoms with Crippen LogP contribution in [-0.4, -0.2) is 33.8 Å². The molecule has 0 amide bonds. The van der Waals surface area contributed by atoms with Gasteiger partial charge in [-0.3, -0.25) is 4.90 Å². The Morgan fingerprint density at radius 2 is 2.50 bits per heavy atom. The van der Waals surface area contributed by atoms with Gasteiger partial charge in [0.15, 0.2) is 0 Å². The summed E-state index contributed by atoms with van der Waals surface area (Å²) >= 11 is 0. The van der Waals surface area contributed by atoms with Gasteiger partial charge in [0, 0.05) is 31.4 Å². The molecule has 16 heavy (non-hydrogen) atoms. The van der Waals surface area contributed by atoms with Crippen molar-refractivity contribution in [2.45, 2.75) is 32.9 Å². The molecule has 4 heteroatoms.